The predicted molar refractivity (Wildman–Crippen MR) is 122 cm³/mol. The van der Waals surface area contributed by atoms with E-state index < -0.39 is 0 Å². The van der Waals surface area contributed by atoms with E-state index in [1.807, 2.05) is 25.8 Å². The summed E-state index contributed by atoms with van der Waals surface area (Å²) in [5.74, 6) is 2.70. The van der Waals surface area contributed by atoms with E-state index in [1.54, 1.807) is 0 Å². The quantitative estimate of drug-likeness (QED) is 0.620. The minimum Gasteiger partial charge on any atom is -0.357 e. The minimum atomic E-state index is 0.425. The minimum absolute atomic E-state index is 0.425. The fourth-order valence-corrected chi connectivity index (χ4v) is 4.62. The second-order valence-corrected chi connectivity index (χ2v) is 8.62. The number of nitrogens with one attached hydrogen (secondary N) is 1. The van der Waals surface area contributed by atoms with E-state index in [4.69, 9.17) is 4.98 Å². The highest BCUT2D eigenvalue weighted by molar-refractivity contribution is 5.80. The van der Waals surface area contributed by atoms with Gasteiger partial charge in [-0.2, -0.15) is 0 Å². The average molecular weight is 410 g/mol. The number of likely N-dealkylation sites (tertiary alicyclic amines) is 1. The molecule has 0 amide bonds. The zero-order valence-electron chi connectivity index (χ0n) is 18.4. The van der Waals surface area contributed by atoms with E-state index in [0.29, 0.717) is 12.0 Å². The molecule has 2 aromatic heterocycles. The molecule has 30 heavy (non-hydrogen) atoms. The zero-order valence-corrected chi connectivity index (χ0v) is 18.4. The molecular weight excluding hydrogens is 374 g/mol. The highest BCUT2D eigenvalue weighted by Gasteiger charge is 2.28. The van der Waals surface area contributed by atoms with Crippen molar-refractivity contribution in [2.45, 2.75) is 51.6 Å². The summed E-state index contributed by atoms with van der Waals surface area (Å²) in [6.07, 6.45) is 14.2. The van der Waals surface area contributed by atoms with Gasteiger partial charge in [-0.25, -0.2) is 9.97 Å². The number of hydrogen-bond acceptors (Lipinski definition) is 4. The van der Waals surface area contributed by atoms with Crippen LogP contribution in [0.3, 0.4) is 0 Å². The first-order valence-electron chi connectivity index (χ1n) is 11.4. The monoisotopic (exact) mass is 409 g/mol. The summed E-state index contributed by atoms with van der Waals surface area (Å²) in [5.41, 5.74) is 1.19. The van der Waals surface area contributed by atoms with Gasteiger partial charge in [0, 0.05) is 58.4 Å². The molecule has 2 aliphatic heterocycles. The summed E-state index contributed by atoms with van der Waals surface area (Å²) < 4.78 is 2.23. The van der Waals surface area contributed by atoms with Gasteiger partial charge in [-0.15, -0.1) is 0 Å². The van der Waals surface area contributed by atoms with Crippen molar-refractivity contribution in [3.05, 3.63) is 42.6 Å². The van der Waals surface area contributed by atoms with Crippen LogP contribution in [0.5, 0.6) is 0 Å². The molecule has 0 saturated carbocycles. The normalized spacial score (nSPS) is 23.3. The lowest BCUT2D eigenvalue weighted by Gasteiger charge is -2.39. The van der Waals surface area contributed by atoms with Crippen LogP contribution in [0.1, 0.15) is 50.6 Å². The van der Waals surface area contributed by atoms with Crippen molar-refractivity contribution in [1.29, 1.82) is 0 Å². The molecule has 1 N–H and O–H groups in total. The van der Waals surface area contributed by atoms with Crippen LogP contribution in [0.25, 0.3) is 0 Å². The third-order valence-electron chi connectivity index (χ3n) is 6.53. The zero-order chi connectivity index (χ0) is 20.8. The molecule has 2 saturated heterocycles. The number of hydrogen-bond donors (Lipinski definition) is 1. The van der Waals surface area contributed by atoms with Gasteiger partial charge in [-0.05, 0) is 36.8 Å². The Labute approximate surface area is 180 Å². The molecule has 2 aromatic rings. The summed E-state index contributed by atoms with van der Waals surface area (Å²) in [6, 6.07) is 4.79. The van der Waals surface area contributed by atoms with Crippen LogP contribution in [-0.2, 0) is 6.54 Å². The molecule has 0 bridgehead atoms. The van der Waals surface area contributed by atoms with Crippen molar-refractivity contribution in [3.8, 4) is 0 Å². The van der Waals surface area contributed by atoms with Gasteiger partial charge in [-0.1, -0.05) is 25.8 Å². The molecule has 0 aromatic carbocycles. The Morgan fingerprint density at radius 3 is 2.67 bits per heavy atom. The molecule has 0 aliphatic carbocycles. The highest BCUT2D eigenvalue weighted by atomic mass is 15.3. The molecule has 4 rings (SSSR count). The second kappa shape index (κ2) is 9.96. The molecule has 162 valence electrons. The molecule has 2 atom stereocenters. The number of nitrogens with zero attached hydrogens (tertiary/aromatic N) is 6. The second-order valence-electron chi connectivity index (χ2n) is 8.62. The Morgan fingerprint density at radius 2 is 2.00 bits per heavy atom. The Hall–Kier alpha value is -2.57. The molecule has 7 nitrogen and oxygen atoms in total. The molecule has 7 heteroatoms. The molecule has 2 aliphatic rings. The summed E-state index contributed by atoms with van der Waals surface area (Å²) in [7, 11) is 1.87. The summed E-state index contributed by atoms with van der Waals surface area (Å²) in [6.45, 7) is 7.30. The lowest BCUT2D eigenvalue weighted by Crippen LogP contribution is -2.48. The lowest BCUT2D eigenvalue weighted by molar-refractivity contribution is 0.189. The van der Waals surface area contributed by atoms with Crippen LogP contribution in [-0.4, -0.2) is 58.6 Å². The number of pyridine rings is 1. The topological polar surface area (TPSA) is 61.6 Å². The lowest BCUT2D eigenvalue weighted by atomic mass is 9.93. The molecule has 4 heterocycles. The van der Waals surface area contributed by atoms with E-state index in [2.05, 4.69) is 54.9 Å². The van der Waals surface area contributed by atoms with Crippen LogP contribution in [0.2, 0.25) is 0 Å². The first-order valence-corrected chi connectivity index (χ1v) is 11.4. The van der Waals surface area contributed by atoms with E-state index >= 15 is 0 Å². The van der Waals surface area contributed by atoms with Crippen LogP contribution in [0.15, 0.2) is 42.0 Å². The van der Waals surface area contributed by atoms with Gasteiger partial charge in [0.2, 0.25) is 0 Å². The highest BCUT2D eigenvalue weighted by Crippen LogP contribution is 2.27. The Kier molecular flexibility index (Phi) is 6.87. The van der Waals surface area contributed by atoms with E-state index in [1.165, 1.54) is 31.2 Å². The number of piperidine rings is 1. The summed E-state index contributed by atoms with van der Waals surface area (Å²) in [4.78, 5) is 18.3. The van der Waals surface area contributed by atoms with Gasteiger partial charge >= 0.3 is 0 Å². The van der Waals surface area contributed by atoms with E-state index in [0.717, 1.165) is 50.9 Å². The summed E-state index contributed by atoms with van der Waals surface area (Å²) >= 11 is 0. The van der Waals surface area contributed by atoms with E-state index in [9.17, 15) is 0 Å². The van der Waals surface area contributed by atoms with Gasteiger partial charge < -0.3 is 19.7 Å². The Balaban J connectivity index is 1.34. The molecule has 2 unspecified atom stereocenters. The number of imidazole rings is 1. The third-order valence-corrected chi connectivity index (χ3v) is 6.53. The van der Waals surface area contributed by atoms with Gasteiger partial charge in [0.05, 0.1) is 12.4 Å². The van der Waals surface area contributed by atoms with Crippen molar-refractivity contribution in [2.24, 2.45) is 10.9 Å². The summed E-state index contributed by atoms with van der Waals surface area (Å²) in [5, 5.41) is 3.54. The fraction of sp³-hybridized carbons (Fsp3) is 0.609. The van der Waals surface area contributed by atoms with Crippen LogP contribution in [0.4, 0.5) is 5.82 Å². The molecule has 0 spiro atoms. The number of anilines is 1. The fourth-order valence-electron chi connectivity index (χ4n) is 4.62. The number of guanidine groups is 1. The van der Waals surface area contributed by atoms with Crippen molar-refractivity contribution >= 4 is 11.8 Å². The smallest absolute Gasteiger partial charge is 0.193 e. The predicted octanol–water partition coefficient (Wildman–Crippen LogP) is 3.32. The van der Waals surface area contributed by atoms with Gasteiger partial charge in [0.15, 0.2) is 5.96 Å². The van der Waals surface area contributed by atoms with Crippen LogP contribution < -0.4 is 10.2 Å². The molecular formula is C23H35N7. The largest absolute Gasteiger partial charge is 0.357 e. The van der Waals surface area contributed by atoms with Crippen LogP contribution in [0, 0.1) is 5.92 Å². The Morgan fingerprint density at radius 1 is 1.17 bits per heavy atom. The van der Waals surface area contributed by atoms with Crippen LogP contribution >= 0.6 is 0 Å². The molecule has 0 radical (unpaired) electrons. The van der Waals surface area contributed by atoms with Gasteiger partial charge in [0.25, 0.3) is 0 Å². The SMILES string of the molecule is CN=C(NCc1ccc(N2CCCCCC2)nc1)N1CCC(C)C(n2ccnc2)C1. The Bertz CT molecular complexity index is 791. The maximum Gasteiger partial charge on any atom is 0.193 e. The first kappa shape index (κ1) is 20.7. The number of aromatic nitrogens is 3. The number of rotatable bonds is 4. The standard InChI is InChI=1S/C23H35N7/c1-19-9-13-29(17-21(19)30-14-10-25-18-30)23(24-2)27-16-20-7-8-22(26-15-20)28-11-5-3-4-6-12-28/h7-8,10,14-15,18-19,21H,3-6,9,11-13,16-17H2,1-2H3,(H,24,27). The van der Waals surface area contributed by atoms with Crippen molar-refractivity contribution in [2.75, 3.05) is 38.1 Å². The molecule has 2 fully saturated rings. The van der Waals surface area contributed by atoms with Gasteiger partial charge in [0.1, 0.15) is 5.82 Å². The maximum atomic E-state index is 4.74. The van der Waals surface area contributed by atoms with Crippen molar-refractivity contribution in [3.63, 3.8) is 0 Å². The van der Waals surface area contributed by atoms with Crippen molar-refractivity contribution < 1.29 is 0 Å². The van der Waals surface area contributed by atoms with Gasteiger partial charge in [-0.3, -0.25) is 4.99 Å². The average Bonchev–Trinajstić information content (AvgIpc) is 3.17. The third kappa shape index (κ3) is 4.94. The number of aliphatic imine (C=N–C) groups is 1. The van der Waals surface area contributed by atoms with Crippen molar-refractivity contribution in [1.82, 2.24) is 24.8 Å². The van der Waals surface area contributed by atoms with E-state index in [-0.39, 0.29) is 0 Å². The maximum absolute atomic E-state index is 4.74. The first-order chi connectivity index (χ1) is 14.7.